The van der Waals surface area contributed by atoms with Crippen LogP contribution in [-0.4, -0.2) is 30.8 Å². The van der Waals surface area contributed by atoms with Crippen LogP contribution in [0.15, 0.2) is 12.1 Å². The van der Waals surface area contributed by atoms with Gasteiger partial charge in [0.1, 0.15) is 5.82 Å². The summed E-state index contributed by atoms with van der Waals surface area (Å²) in [7, 11) is -3.37. The summed E-state index contributed by atoms with van der Waals surface area (Å²) in [5.74, 6) is 0.797. The van der Waals surface area contributed by atoms with Crippen molar-refractivity contribution in [2.24, 2.45) is 5.73 Å². The number of rotatable bonds is 6. The van der Waals surface area contributed by atoms with E-state index in [2.05, 4.69) is 23.7 Å². The minimum absolute atomic E-state index is 0.0369. The average Bonchev–Trinajstić information content (AvgIpc) is 2.47. The van der Waals surface area contributed by atoms with Crippen molar-refractivity contribution in [3.8, 4) is 0 Å². The lowest BCUT2D eigenvalue weighted by Crippen LogP contribution is -2.40. The van der Waals surface area contributed by atoms with Gasteiger partial charge in [-0.25, -0.2) is 4.98 Å². The van der Waals surface area contributed by atoms with Crippen LogP contribution >= 0.6 is 7.60 Å². The maximum atomic E-state index is 12.9. The fourth-order valence-electron chi connectivity index (χ4n) is 2.67. The van der Waals surface area contributed by atoms with Crippen LogP contribution in [0.3, 0.4) is 0 Å². The van der Waals surface area contributed by atoms with Crippen LogP contribution in [0.5, 0.6) is 0 Å². The van der Waals surface area contributed by atoms with Gasteiger partial charge in [0.05, 0.1) is 13.2 Å². The Hall–Kier alpha value is -0.940. The predicted molar refractivity (Wildman–Crippen MR) is 88.8 cm³/mol. The molecular weight excluding hydrogens is 301 g/mol. The summed E-state index contributed by atoms with van der Waals surface area (Å²) < 4.78 is 23.7. The molecule has 0 amide bonds. The third kappa shape index (κ3) is 3.35. The molecule has 1 aromatic rings. The number of hydrogen-bond donors (Lipinski definition) is 1. The van der Waals surface area contributed by atoms with E-state index in [9.17, 15) is 4.57 Å². The van der Waals surface area contributed by atoms with Gasteiger partial charge in [0.2, 0.25) is 0 Å². The zero-order chi connectivity index (χ0) is 16.3. The zero-order valence-electron chi connectivity index (χ0n) is 13.8. The van der Waals surface area contributed by atoms with Gasteiger partial charge in [0.15, 0.2) is 5.44 Å². The van der Waals surface area contributed by atoms with Gasteiger partial charge in [0.25, 0.3) is 0 Å². The van der Waals surface area contributed by atoms with Gasteiger partial charge in [-0.1, -0.05) is 6.07 Å². The molecule has 7 heteroatoms. The smallest absolute Gasteiger partial charge is 0.354 e. The maximum absolute atomic E-state index is 12.9. The first-order valence-corrected chi connectivity index (χ1v) is 9.40. The van der Waals surface area contributed by atoms with E-state index in [1.807, 2.05) is 6.07 Å². The van der Waals surface area contributed by atoms with Crippen molar-refractivity contribution in [2.75, 3.05) is 24.7 Å². The molecule has 0 saturated carbocycles. The quantitative estimate of drug-likeness (QED) is 0.809. The fraction of sp³-hybridized carbons (Fsp3) is 0.667. The van der Waals surface area contributed by atoms with Crippen molar-refractivity contribution in [3.63, 3.8) is 0 Å². The zero-order valence-corrected chi connectivity index (χ0v) is 14.7. The minimum Gasteiger partial charge on any atom is -0.354 e. The summed E-state index contributed by atoms with van der Waals surface area (Å²) in [5, 5.41) is 0. The number of nitrogens with zero attached hydrogens (tertiary/aromatic N) is 2. The highest BCUT2D eigenvalue weighted by molar-refractivity contribution is 7.61. The summed E-state index contributed by atoms with van der Waals surface area (Å²) in [4.78, 5) is 6.79. The summed E-state index contributed by atoms with van der Waals surface area (Å²) in [6.07, 6.45) is 0.890. The van der Waals surface area contributed by atoms with Crippen LogP contribution < -0.4 is 16.1 Å². The lowest BCUT2D eigenvalue weighted by atomic mass is 9.99. The van der Waals surface area contributed by atoms with Gasteiger partial charge in [-0.2, -0.15) is 0 Å². The Labute approximate surface area is 132 Å². The summed E-state index contributed by atoms with van der Waals surface area (Å²) >= 11 is 0. The Morgan fingerprint density at radius 1 is 1.36 bits per heavy atom. The molecule has 1 aliphatic rings. The topological polar surface area (TPSA) is 77.7 Å². The highest BCUT2D eigenvalue weighted by Gasteiger charge is 2.32. The molecule has 0 aliphatic carbocycles. The number of anilines is 1. The second-order valence-electron chi connectivity index (χ2n) is 5.60. The van der Waals surface area contributed by atoms with Gasteiger partial charge in [0, 0.05) is 24.2 Å². The van der Waals surface area contributed by atoms with E-state index in [1.165, 1.54) is 0 Å². The Morgan fingerprint density at radius 3 is 2.55 bits per heavy atom. The number of nitrogens with two attached hydrogens (primary N) is 1. The molecule has 2 rings (SSSR count). The van der Waals surface area contributed by atoms with E-state index >= 15 is 0 Å². The number of aromatic nitrogens is 1. The molecule has 0 radical (unpaired) electrons. The molecule has 1 aliphatic heterocycles. The van der Waals surface area contributed by atoms with Crippen LogP contribution in [0.2, 0.25) is 0 Å². The monoisotopic (exact) mass is 327 g/mol. The van der Waals surface area contributed by atoms with Gasteiger partial charge in [-0.3, -0.25) is 4.57 Å². The average molecular weight is 327 g/mol. The minimum atomic E-state index is -3.37. The molecule has 1 aromatic heterocycles. The number of pyridine rings is 1. The number of fused-ring (bicyclic) bond motifs is 1. The van der Waals surface area contributed by atoms with Crippen molar-refractivity contribution < 1.29 is 13.6 Å². The standard InChI is InChI=1S/C15H26N3O3P/c1-5-20-22(19,21-6-2)14-8-7-12-13(16)9-10-18(11(3)4)15(12)17-14/h7-8,11,13H,5-6,9-10,16H2,1-4H3. The van der Waals surface area contributed by atoms with E-state index in [0.29, 0.717) is 24.7 Å². The molecule has 0 spiro atoms. The van der Waals surface area contributed by atoms with E-state index < -0.39 is 7.60 Å². The van der Waals surface area contributed by atoms with Gasteiger partial charge < -0.3 is 19.7 Å². The van der Waals surface area contributed by atoms with Crippen molar-refractivity contribution in [1.29, 1.82) is 0 Å². The molecule has 1 atom stereocenters. The van der Waals surface area contributed by atoms with Gasteiger partial charge >= 0.3 is 7.60 Å². The molecule has 2 N–H and O–H groups in total. The normalized spacial score (nSPS) is 18.6. The highest BCUT2D eigenvalue weighted by Crippen LogP contribution is 2.47. The maximum Gasteiger partial charge on any atom is 0.379 e. The first kappa shape index (κ1) is 17.4. The molecule has 124 valence electrons. The van der Waals surface area contributed by atoms with Crippen LogP contribution in [-0.2, 0) is 13.6 Å². The SMILES string of the molecule is CCOP(=O)(OCC)c1ccc2c(n1)N(C(C)C)CCC2N. The van der Waals surface area contributed by atoms with Crippen molar-refractivity contribution in [1.82, 2.24) is 4.98 Å². The van der Waals surface area contributed by atoms with Gasteiger partial charge in [-0.15, -0.1) is 0 Å². The molecule has 0 fully saturated rings. The summed E-state index contributed by atoms with van der Waals surface area (Å²) in [6, 6.07) is 3.88. The van der Waals surface area contributed by atoms with Crippen LogP contribution in [0.1, 0.15) is 45.7 Å². The molecule has 22 heavy (non-hydrogen) atoms. The lowest BCUT2D eigenvalue weighted by molar-refractivity contribution is 0.229. The van der Waals surface area contributed by atoms with Crippen LogP contribution in [0.25, 0.3) is 0 Å². The van der Waals surface area contributed by atoms with Gasteiger partial charge in [-0.05, 0) is 40.2 Å². The Kier molecular flexibility index (Phi) is 5.61. The molecular formula is C15H26N3O3P. The molecule has 0 aromatic carbocycles. The lowest BCUT2D eigenvalue weighted by Gasteiger charge is -2.36. The van der Waals surface area contributed by atoms with Crippen molar-refractivity contribution in [2.45, 2.75) is 46.2 Å². The third-order valence-electron chi connectivity index (χ3n) is 3.75. The molecule has 0 bridgehead atoms. The summed E-state index contributed by atoms with van der Waals surface area (Å²) in [5.41, 5.74) is 7.53. The molecule has 2 heterocycles. The van der Waals surface area contributed by atoms with Crippen molar-refractivity contribution in [3.05, 3.63) is 17.7 Å². The third-order valence-corrected chi connectivity index (χ3v) is 5.75. The number of hydrogen-bond acceptors (Lipinski definition) is 6. The van der Waals surface area contributed by atoms with Crippen LogP contribution in [0, 0.1) is 0 Å². The Bertz CT molecular complexity index is 555. The fourth-order valence-corrected chi connectivity index (χ4v) is 4.17. The molecule has 0 saturated heterocycles. The Morgan fingerprint density at radius 2 is 2.00 bits per heavy atom. The molecule has 1 unspecified atom stereocenters. The van der Waals surface area contributed by atoms with E-state index in [1.54, 1.807) is 19.9 Å². The predicted octanol–water partition coefficient (Wildman–Crippen LogP) is 2.59. The molecule has 6 nitrogen and oxygen atoms in total. The van der Waals surface area contributed by atoms with Crippen molar-refractivity contribution >= 4 is 18.8 Å². The van der Waals surface area contributed by atoms with Crippen LogP contribution in [0.4, 0.5) is 5.82 Å². The second kappa shape index (κ2) is 7.09. The van der Waals surface area contributed by atoms with E-state index in [4.69, 9.17) is 14.8 Å². The van der Waals surface area contributed by atoms with E-state index in [-0.39, 0.29) is 6.04 Å². The first-order chi connectivity index (χ1) is 10.4. The van der Waals surface area contributed by atoms with E-state index in [0.717, 1.165) is 24.3 Å². The first-order valence-electron chi connectivity index (χ1n) is 7.85. The second-order valence-corrected chi connectivity index (χ2v) is 7.57. The summed E-state index contributed by atoms with van der Waals surface area (Å²) in [6.45, 7) is 9.27. The highest BCUT2D eigenvalue weighted by atomic mass is 31.2. The largest absolute Gasteiger partial charge is 0.379 e. The Balaban J connectivity index is 2.48.